The molecule has 0 spiro atoms. The number of nitrogens with zero attached hydrogens (tertiary/aromatic N) is 1. The zero-order valence-corrected chi connectivity index (χ0v) is 8.22. The lowest BCUT2D eigenvalue weighted by molar-refractivity contribution is 0.423. The summed E-state index contributed by atoms with van der Waals surface area (Å²) in [7, 11) is 0. The van der Waals surface area contributed by atoms with E-state index in [1.54, 1.807) is 6.92 Å². The summed E-state index contributed by atoms with van der Waals surface area (Å²) in [6.07, 6.45) is 0. The molecule has 3 N–H and O–H groups in total. The molecule has 1 unspecified atom stereocenters. The first-order valence-corrected chi connectivity index (χ1v) is 4.55. The Kier molecular flexibility index (Phi) is 2.10. The third-order valence-electron chi connectivity index (χ3n) is 2.52. The summed E-state index contributed by atoms with van der Waals surface area (Å²) in [5, 5.41) is 2.84. The van der Waals surface area contributed by atoms with Crippen molar-refractivity contribution in [1.82, 2.24) is 5.32 Å². The van der Waals surface area contributed by atoms with E-state index in [9.17, 15) is 8.78 Å². The van der Waals surface area contributed by atoms with E-state index in [1.165, 1.54) is 12.1 Å². The van der Waals surface area contributed by atoms with Crippen molar-refractivity contribution in [3.63, 3.8) is 0 Å². The van der Waals surface area contributed by atoms with Gasteiger partial charge in [-0.05, 0) is 13.0 Å². The molecule has 1 aliphatic heterocycles. The smallest absolute Gasteiger partial charge is 0.189 e. The number of hydrogen-bond acceptors (Lipinski definition) is 3. The lowest BCUT2D eigenvalue weighted by atomic mass is 9.92. The maximum Gasteiger partial charge on any atom is 0.189 e. The lowest BCUT2D eigenvalue weighted by Crippen LogP contribution is -2.43. The molecule has 0 saturated heterocycles. The molecule has 3 nitrogen and oxygen atoms in total. The summed E-state index contributed by atoms with van der Waals surface area (Å²) in [5.41, 5.74) is 4.95. The summed E-state index contributed by atoms with van der Waals surface area (Å²) in [4.78, 5) is 3.93. The fourth-order valence-corrected chi connectivity index (χ4v) is 1.69. The van der Waals surface area contributed by atoms with Gasteiger partial charge in [0.15, 0.2) is 17.6 Å². The molecule has 5 heteroatoms. The van der Waals surface area contributed by atoms with Gasteiger partial charge < -0.3 is 11.1 Å². The second-order valence-corrected chi connectivity index (χ2v) is 3.76. The molecular weight excluding hydrogens is 200 g/mol. The number of guanidine groups is 1. The third-order valence-corrected chi connectivity index (χ3v) is 2.52. The van der Waals surface area contributed by atoms with Crippen molar-refractivity contribution in [2.45, 2.75) is 12.5 Å². The number of nitrogens with one attached hydrogen (secondary N) is 1. The first kappa shape index (κ1) is 9.89. The predicted molar refractivity (Wildman–Crippen MR) is 53.3 cm³/mol. The van der Waals surface area contributed by atoms with Crippen molar-refractivity contribution in [3.8, 4) is 0 Å². The quantitative estimate of drug-likeness (QED) is 0.730. The fourth-order valence-electron chi connectivity index (χ4n) is 1.69. The summed E-state index contributed by atoms with van der Waals surface area (Å²) in [6, 6.07) is 4.08. The van der Waals surface area contributed by atoms with Gasteiger partial charge in [0.25, 0.3) is 0 Å². The van der Waals surface area contributed by atoms with Gasteiger partial charge in [-0.1, -0.05) is 12.1 Å². The van der Waals surface area contributed by atoms with Gasteiger partial charge in [-0.2, -0.15) is 0 Å². The van der Waals surface area contributed by atoms with Crippen LogP contribution in [0.3, 0.4) is 0 Å². The molecule has 1 aromatic carbocycles. The van der Waals surface area contributed by atoms with Crippen LogP contribution in [0.15, 0.2) is 23.2 Å². The van der Waals surface area contributed by atoms with Gasteiger partial charge in [0.05, 0.1) is 12.1 Å². The highest BCUT2D eigenvalue weighted by Crippen LogP contribution is 2.27. The maximum absolute atomic E-state index is 13.5. The number of nitrogens with two attached hydrogens (primary N) is 1. The predicted octanol–water partition coefficient (Wildman–Crippen LogP) is 1.10. The Balaban J connectivity index is 2.43. The average Bonchev–Trinajstić information content (AvgIpc) is 2.52. The highest BCUT2D eigenvalue weighted by atomic mass is 19.2. The van der Waals surface area contributed by atoms with E-state index in [-0.39, 0.29) is 11.5 Å². The lowest BCUT2D eigenvalue weighted by Gasteiger charge is -2.25. The van der Waals surface area contributed by atoms with Gasteiger partial charge in [-0.25, -0.2) is 8.78 Å². The van der Waals surface area contributed by atoms with Crippen LogP contribution < -0.4 is 11.1 Å². The zero-order valence-electron chi connectivity index (χ0n) is 8.22. The standard InChI is InChI=1S/C10H11F2N3/c1-10(5-14-9(13)15-10)6-3-2-4-7(11)8(6)12/h2-4H,5H2,1H3,(H3,13,14,15). The van der Waals surface area contributed by atoms with Crippen LogP contribution in [-0.4, -0.2) is 12.5 Å². The fraction of sp³-hybridized carbons (Fsp3) is 0.300. The monoisotopic (exact) mass is 211 g/mol. The van der Waals surface area contributed by atoms with Gasteiger partial charge in [-0.15, -0.1) is 0 Å². The Morgan fingerprint density at radius 2 is 2.20 bits per heavy atom. The molecule has 1 heterocycles. The van der Waals surface area contributed by atoms with Crippen LogP contribution in [0.25, 0.3) is 0 Å². The molecule has 0 saturated carbocycles. The zero-order chi connectivity index (χ0) is 11.1. The van der Waals surface area contributed by atoms with E-state index < -0.39 is 17.2 Å². The van der Waals surface area contributed by atoms with Crippen LogP contribution >= 0.6 is 0 Å². The first-order valence-electron chi connectivity index (χ1n) is 4.55. The van der Waals surface area contributed by atoms with E-state index in [2.05, 4.69) is 10.3 Å². The van der Waals surface area contributed by atoms with Gasteiger partial charge >= 0.3 is 0 Å². The Bertz CT molecular complexity index is 431. The van der Waals surface area contributed by atoms with Crippen LogP contribution in [0.5, 0.6) is 0 Å². The molecule has 1 aromatic rings. The molecule has 0 radical (unpaired) electrons. The topological polar surface area (TPSA) is 50.4 Å². The molecule has 2 rings (SSSR count). The molecule has 1 aliphatic rings. The summed E-state index contributed by atoms with van der Waals surface area (Å²) in [5.74, 6) is -1.46. The minimum absolute atomic E-state index is 0.242. The van der Waals surface area contributed by atoms with Crippen LogP contribution in [0.1, 0.15) is 12.5 Å². The Morgan fingerprint density at radius 1 is 1.47 bits per heavy atom. The van der Waals surface area contributed by atoms with Gasteiger partial charge in [0, 0.05) is 5.56 Å². The maximum atomic E-state index is 13.5. The highest BCUT2D eigenvalue weighted by Gasteiger charge is 2.34. The first-order chi connectivity index (χ1) is 7.03. The summed E-state index contributed by atoms with van der Waals surface area (Å²) < 4.78 is 26.5. The average molecular weight is 211 g/mol. The Labute approximate surface area is 86.0 Å². The molecule has 0 aromatic heterocycles. The van der Waals surface area contributed by atoms with Crippen LogP contribution in [0.2, 0.25) is 0 Å². The van der Waals surface area contributed by atoms with Crippen molar-refractivity contribution >= 4 is 5.96 Å². The van der Waals surface area contributed by atoms with Crippen LogP contribution in [0.4, 0.5) is 8.78 Å². The van der Waals surface area contributed by atoms with Crippen molar-refractivity contribution in [3.05, 3.63) is 35.4 Å². The number of hydrogen-bond donors (Lipinski definition) is 2. The SMILES string of the molecule is CC1(c2cccc(F)c2F)CN=C(N)N1. The third kappa shape index (κ3) is 1.54. The van der Waals surface area contributed by atoms with Crippen LogP contribution in [-0.2, 0) is 5.54 Å². The summed E-state index contributed by atoms with van der Waals surface area (Å²) >= 11 is 0. The molecule has 80 valence electrons. The molecule has 0 bridgehead atoms. The molecule has 1 atom stereocenters. The highest BCUT2D eigenvalue weighted by molar-refractivity contribution is 5.81. The minimum atomic E-state index is -0.860. The number of aliphatic imine (C=N–C) groups is 1. The second-order valence-electron chi connectivity index (χ2n) is 3.76. The summed E-state index contributed by atoms with van der Waals surface area (Å²) in [6.45, 7) is 2.04. The normalized spacial score (nSPS) is 24.9. The van der Waals surface area contributed by atoms with Crippen molar-refractivity contribution in [1.29, 1.82) is 0 Å². The number of halogens is 2. The number of benzene rings is 1. The van der Waals surface area contributed by atoms with Gasteiger partial charge in [-0.3, -0.25) is 4.99 Å². The second kappa shape index (κ2) is 3.18. The van der Waals surface area contributed by atoms with Crippen molar-refractivity contribution in [2.75, 3.05) is 6.54 Å². The van der Waals surface area contributed by atoms with Crippen molar-refractivity contribution < 1.29 is 8.78 Å². The minimum Gasteiger partial charge on any atom is -0.370 e. The largest absolute Gasteiger partial charge is 0.370 e. The van der Waals surface area contributed by atoms with E-state index in [0.717, 1.165) is 6.07 Å². The molecular formula is C10H11F2N3. The van der Waals surface area contributed by atoms with E-state index >= 15 is 0 Å². The number of rotatable bonds is 1. The Hall–Kier alpha value is -1.65. The molecule has 0 aliphatic carbocycles. The van der Waals surface area contributed by atoms with Gasteiger partial charge in [0.2, 0.25) is 0 Å². The van der Waals surface area contributed by atoms with Crippen LogP contribution in [0, 0.1) is 11.6 Å². The Morgan fingerprint density at radius 3 is 2.80 bits per heavy atom. The molecule has 0 amide bonds. The molecule has 15 heavy (non-hydrogen) atoms. The molecule has 0 fully saturated rings. The van der Waals surface area contributed by atoms with Crippen molar-refractivity contribution in [2.24, 2.45) is 10.7 Å². The van der Waals surface area contributed by atoms with E-state index in [1.807, 2.05) is 0 Å². The van der Waals surface area contributed by atoms with Gasteiger partial charge in [0.1, 0.15) is 0 Å². The van der Waals surface area contributed by atoms with E-state index in [0.29, 0.717) is 6.54 Å². The van der Waals surface area contributed by atoms with E-state index in [4.69, 9.17) is 5.73 Å².